The second-order valence-corrected chi connectivity index (χ2v) is 4.19. The van der Waals surface area contributed by atoms with Crippen molar-refractivity contribution in [2.75, 3.05) is 6.54 Å². The van der Waals surface area contributed by atoms with Gasteiger partial charge in [-0.15, -0.1) is 10.2 Å². The average Bonchev–Trinajstić information content (AvgIpc) is 2.73. The molecule has 0 saturated carbocycles. The number of nitrogens with zero attached hydrogens (tertiary/aromatic N) is 3. The van der Waals surface area contributed by atoms with Crippen molar-refractivity contribution in [1.29, 1.82) is 0 Å². The predicted octanol–water partition coefficient (Wildman–Crippen LogP) is 1.86. The quantitative estimate of drug-likeness (QED) is 0.833. The van der Waals surface area contributed by atoms with Gasteiger partial charge in [-0.1, -0.05) is 26.3 Å². The Labute approximate surface area is 95.7 Å². The Morgan fingerprint density at radius 2 is 2.25 bits per heavy atom. The van der Waals surface area contributed by atoms with Gasteiger partial charge in [-0.3, -0.25) is 4.40 Å². The van der Waals surface area contributed by atoms with E-state index in [0.717, 1.165) is 24.6 Å². The molecule has 0 bridgehead atoms. The van der Waals surface area contributed by atoms with E-state index in [4.69, 9.17) is 0 Å². The Balaban J connectivity index is 1.99. The van der Waals surface area contributed by atoms with Gasteiger partial charge >= 0.3 is 0 Å². The molecule has 1 unspecified atom stereocenters. The van der Waals surface area contributed by atoms with Gasteiger partial charge in [0, 0.05) is 6.20 Å². The molecule has 4 heteroatoms. The highest BCUT2D eigenvalue weighted by Crippen LogP contribution is 2.03. The lowest BCUT2D eigenvalue weighted by atomic mass is 10.1. The number of hydrogen-bond donors (Lipinski definition) is 1. The zero-order valence-corrected chi connectivity index (χ0v) is 9.85. The van der Waals surface area contributed by atoms with E-state index in [9.17, 15) is 0 Å². The van der Waals surface area contributed by atoms with Crippen molar-refractivity contribution in [2.24, 2.45) is 5.92 Å². The second kappa shape index (κ2) is 5.07. The fraction of sp³-hybridized carbons (Fsp3) is 0.500. The van der Waals surface area contributed by atoms with Crippen LogP contribution in [0.5, 0.6) is 0 Å². The first kappa shape index (κ1) is 11.1. The first-order valence-corrected chi connectivity index (χ1v) is 5.80. The minimum absolute atomic E-state index is 0.708. The molecular weight excluding hydrogens is 200 g/mol. The molecule has 0 amide bonds. The van der Waals surface area contributed by atoms with Crippen molar-refractivity contribution in [3.8, 4) is 0 Å². The molecule has 4 nitrogen and oxygen atoms in total. The number of aromatic nitrogens is 3. The smallest absolute Gasteiger partial charge is 0.160 e. The number of nitrogens with one attached hydrogen (secondary N) is 1. The normalized spacial score (nSPS) is 13.1. The summed E-state index contributed by atoms with van der Waals surface area (Å²) in [5.74, 6) is 1.68. The average molecular weight is 218 g/mol. The molecule has 1 atom stereocenters. The molecule has 0 aliphatic carbocycles. The summed E-state index contributed by atoms with van der Waals surface area (Å²) in [6.45, 7) is 6.25. The summed E-state index contributed by atoms with van der Waals surface area (Å²) in [7, 11) is 0. The fourth-order valence-electron chi connectivity index (χ4n) is 1.59. The Hall–Kier alpha value is -1.42. The number of pyridine rings is 1. The summed E-state index contributed by atoms with van der Waals surface area (Å²) in [6.07, 6.45) is 3.20. The SMILES string of the molecule is CCC(C)CNCc1nnc2ccccn12. The molecule has 0 fully saturated rings. The monoisotopic (exact) mass is 218 g/mol. The summed E-state index contributed by atoms with van der Waals surface area (Å²) < 4.78 is 2.02. The van der Waals surface area contributed by atoms with E-state index < -0.39 is 0 Å². The van der Waals surface area contributed by atoms with E-state index in [0.29, 0.717) is 5.92 Å². The third kappa shape index (κ3) is 2.39. The minimum Gasteiger partial charge on any atom is -0.310 e. The van der Waals surface area contributed by atoms with Crippen LogP contribution in [0.4, 0.5) is 0 Å². The zero-order chi connectivity index (χ0) is 11.4. The molecule has 0 radical (unpaired) electrons. The first-order chi connectivity index (χ1) is 7.81. The summed E-state index contributed by atoms with van der Waals surface area (Å²) >= 11 is 0. The maximum atomic E-state index is 4.17. The third-order valence-corrected chi connectivity index (χ3v) is 2.86. The molecular formula is C12H18N4. The molecule has 1 N–H and O–H groups in total. The summed E-state index contributed by atoms with van der Waals surface area (Å²) in [5, 5.41) is 11.7. The van der Waals surface area contributed by atoms with Gasteiger partial charge in [-0.25, -0.2) is 0 Å². The molecule has 2 heterocycles. The summed E-state index contributed by atoms with van der Waals surface area (Å²) in [4.78, 5) is 0. The number of rotatable bonds is 5. The van der Waals surface area contributed by atoms with Crippen LogP contribution in [0.3, 0.4) is 0 Å². The van der Waals surface area contributed by atoms with E-state index in [2.05, 4.69) is 29.4 Å². The van der Waals surface area contributed by atoms with Crippen LogP contribution in [-0.4, -0.2) is 21.1 Å². The van der Waals surface area contributed by atoms with Crippen LogP contribution in [0.1, 0.15) is 26.1 Å². The van der Waals surface area contributed by atoms with Crippen LogP contribution in [0.25, 0.3) is 5.65 Å². The maximum Gasteiger partial charge on any atom is 0.160 e. The van der Waals surface area contributed by atoms with E-state index in [1.54, 1.807) is 0 Å². The number of hydrogen-bond acceptors (Lipinski definition) is 3. The molecule has 2 rings (SSSR count). The second-order valence-electron chi connectivity index (χ2n) is 4.19. The zero-order valence-electron chi connectivity index (χ0n) is 9.85. The van der Waals surface area contributed by atoms with Gasteiger partial charge in [0.2, 0.25) is 0 Å². The molecule has 0 aliphatic rings. The van der Waals surface area contributed by atoms with Crippen molar-refractivity contribution in [3.63, 3.8) is 0 Å². The van der Waals surface area contributed by atoms with Gasteiger partial charge in [0.15, 0.2) is 11.5 Å². The van der Waals surface area contributed by atoms with Crippen LogP contribution in [-0.2, 0) is 6.54 Å². The van der Waals surface area contributed by atoms with Gasteiger partial charge < -0.3 is 5.32 Å². The van der Waals surface area contributed by atoms with E-state index in [1.807, 2.05) is 28.8 Å². The molecule has 0 saturated heterocycles. The maximum absolute atomic E-state index is 4.17. The summed E-state index contributed by atoms with van der Waals surface area (Å²) in [6, 6.07) is 5.93. The molecule has 86 valence electrons. The minimum atomic E-state index is 0.708. The highest BCUT2D eigenvalue weighted by Gasteiger charge is 2.04. The van der Waals surface area contributed by atoms with Crippen molar-refractivity contribution < 1.29 is 0 Å². The standard InChI is InChI=1S/C12H18N4/c1-3-10(2)8-13-9-12-15-14-11-6-4-5-7-16(11)12/h4-7,10,13H,3,8-9H2,1-2H3. The van der Waals surface area contributed by atoms with Crippen LogP contribution in [0.2, 0.25) is 0 Å². The van der Waals surface area contributed by atoms with Crippen LogP contribution >= 0.6 is 0 Å². The van der Waals surface area contributed by atoms with Crippen molar-refractivity contribution in [3.05, 3.63) is 30.2 Å². The predicted molar refractivity (Wildman–Crippen MR) is 64.1 cm³/mol. The fourth-order valence-corrected chi connectivity index (χ4v) is 1.59. The lowest BCUT2D eigenvalue weighted by Gasteiger charge is -2.08. The van der Waals surface area contributed by atoms with Crippen molar-refractivity contribution in [2.45, 2.75) is 26.8 Å². The Bertz CT molecular complexity index is 449. The van der Waals surface area contributed by atoms with Crippen molar-refractivity contribution >= 4 is 5.65 Å². The lowest BCUT2D eigenvalue weighted by Crippen LogP contribution is -2.21. The molecule has 16 heavy (non-hydrogen) atoms. The first-order valence-electron chi connectivity index (χ1n) is 5.80. The molecule has 0 spiro atoms. The van der Waals surface area contributed by atoms with Gasteiger partial charge in [-0.05, 0) is 24.6 Å². The molecule has 2 aromatic rings. The topological polar surface area (TPSA) is 42.2 Å². The highest BCUT2D eigenvalue weighted by molar-refractivity contribution is 5.36. The summed E-state index contributed by atoms with van der Waals surface area (Å²) in [5.41, 5.74) is 0.905. The van der Waals surface area contributed by atoms with Crippen LogP contribution < -0.4 is 5.32 Å². The third-order valence-electron chi connectivity index (χ3n) is 2.86. The largest absolute Gasteiger partial charge is 0.310 e. The van der Waals surface area contributed by atoms with E-state index in [-0.39, 0.29) is 0 Å². The van der Waals surface area contributed by atoms with Crippen LogP contribution in [0, 0.1) is 5.92 Å². The molecule has 2 aromatic heterocycles. The van der Waals surface area contributed by atoms with E-state index >= 15 is 0 Å². The number of fused-ring (bicyclic) bond motifs is 1. The van der Waals surface area contributed by atoms with Gasteiger partial charge in [-0.2, -0.15) is 0 Å². The molecule has 0 aliphatic heterocycles. The van der Waals surface area contributed by atoms with Gasteiger partial charge in [0.05, 0.1) is 6.54 Å². The lowest BCUT2D eigenvalue weighted by molar-refractivity contribution is 0.493. The van der Waals surface area contributed by atoms with Gasteiger partial charge in [0.25, 0.3) is 0 Å². The van der Waals surface area contributed by atoms with E-state index in [1.165, 1.54) is 6.42 Å². The Morgan fingerprint density at radius 3 is 3.06 bits per heavy atom. The van der Waals surface area contributed by atoms with Crippen LogP contribution in [0.15, 0.2) is 24.4 Å². The molecule has 0 aromatic carbocycles. The van der Waals surface area contributed by atoms with Crippen molar-refractivity contribution in [1.82, 2.24) is 19.9 Å². The highest BCUT2D eigenvalue weighted by atomic mass is 15.3. The Kier molecular flexibility index (Phi) is 3.51. The Morgan fingerprint density at radius 1 is 1.38 bits per heavy atom. The van der Waals surface area contributed by atoms with Gasteiger partial charge in [0.1, 0.15) is 0 Å².